The summed E-state index contributed by atoms with van der Waals surface area (Å²) in [4.78, 5) is 36.4. The molecule has 0 bridgehead atoms. The van der Waals surface area contributed by atoms with Gasteiger partial charge in [0.15, 0.2) is 0 Å². The number of imide groups is 1. The normalized spacial score (nSPS) is 16.7. The Hall–Kier alpha value is -3.41. The molecule has 3 amide bonds. The fraction of sp³-hybridized carbons (Fsp3) is 0.207. The number of imidazole rings is 1. The topological polar surface area (TPSA) is 108 Å². The molecule has 2 heterocycles. The van der Waals surface area contributed by atoms with Crippen LogP contribution < -0.4 is 10.1 Å². The second-order valence-corrected chi connectivity index (χ2v) is 10.8. The molecule has 2 unspecified atom stereocenters. The minimum absolute atomic E-state index is 0.0981. The monoisotopic (exact) mass is 656 g/mol. The highest BCUT2D eigenvalue weighted by atomic mass is 127. The lowest BCUT2D eigenvalue weighted by molar-refractivity contribution is -0.129. The molecule has 0 aliphatic carbocycles. The SMILES string of the molecule is C[C@@H](c1ccccc1)C(c1ncc(-c2ccc(I)cc2Cl)[nH]1)N1C(=O)NC(c2ccc(OCCO)cc2)C1=O. The van der Waals surface area contributed by atoms with Crippen molar-refractivity contribution in [2.45, 2.75) is 24.9 Å². The van der Waals surface area contributed by atoms with Crippen LogP contribution in [0, 0.1) is 3.57 Å². The lowest BCUT2D eigenvalue weighted by Crippen LogP contribution is -2.38. The van der Waals surface area contributed by atoms with Crippen molar-refractivity contribution in [1.82, 2.24) is 20.2 Å². The molecule has 1 aliphatic rings. The minimum Gasteiger partial charge on any atom is -0.491 e. The molecule has 0 radical (unpaired) electrons. The largest absolute Gasteiger partial charge is 0.491 e. The molecule has 1 aromatic heterocycles. The quantitative estimate of drug-likeness (QED) is 0.155. The molecule has 3 aromatic carbocycles. The summed E-state index contributed by atoms with van der Waals surface area (Å²) in [6.45, 7) is 2.05. The number of aromatic amines is 1. The summed E-state index contributed by atoms with van der Waals surface area (Å²) in [7, 11) is 0. The van der Waals surface area contributed by atoms with E-state index >= 15 is 0 Å². The number of nitrogens with one attached hydrogen (secondary N) is 2. The molecule has 39 heavy (non-hydrogen) atoms. The van der Waals surface area contributed by atoms with E-state index in [4.69, 9.17) is 21.4 Å². The van der Waals surface area contributed by atoms with Gasteiger partial charge in [-0.05, 0) is 58.0 Å². The maximum Gasteiger partial charge on any atom is 0.325 e. The standard InChI is InChI=1S/C29H26ClIN4O4/c1-17(18-5-3-2-4-6-18)26(27-32-16-24(33-27)22-12-9-20(31)15-23(22)30)35-28(37)25(34-29(35)38)19-7-10-21(11-8-19)39-14-13-36/h2-12,15-17,25-26,36H,13-14H2,1H3,(H,32,33)(H,34,38)/t17-,25?,26?/m0/s1. The van der Waals surface area contributed by atoms with Crippen molar-refractivity contribution in [2.75, 3.05) is 13.2 Å². The summed E-state index contributed by atoms with van der Waals surface area (Å²) >= 11 is 8.71. The van der Waals surface area contributed by atoms with E-state index in [0.29, 0.717) is 27.9 Å². The van der Waals surface area contributed by atoms with E-state index in [-0.39, 0.29) is 25.0 Å². The first-order chi connectivity index (χ1) is 18.9. The number of benzene rings is 3. The van der Waals surface area contributed by atoms with Crippen LogP contribution >= 0.6 is 34.2 Å². The predicted molar refractivity (Wildman–Crippen MR) is 156 cm³/mol. The molecule has 10 heteroatoms. The number of ether oxygens (including phenoxy) is 1. The van der Waals surface area contributed by atoms with Crippen molar-refractivity contribution in [3.05, 3.63) is 105 Å². The number of H-pyrrole nitrogens is 1. The fourth-order valence-corrected chi connectivity index (χ4v) is 5.71. The molecule has 200 valence electrons. The Morgan fingerprint density at radius 1 is 1.10 bits per heavy atom. The zero-order valence-electron chi connectivity index (χ0n) is 21.0. The molecule has 1 saturated heterocycles. The fourth-order valence-electron chi connectivity index (χ4n) is 4.76. The number of halogens is 2. The van der Waals surface area contributed by atoms with Crippen molar-refractivity contribution in [1.29, 1.82) is 0 Å². The number of hydrogen-bond acceptors (Lipinski definition) is 5. The van der Waals surface area contributed by atoms with E-state index < -0.39 is 18.1 Å². The summed E-state index contributed by atoms with van der Waals surface area (Å²) in [6.07, 6.45) is 1.68. The Morgan fingerprint density at radius 3 is 2.54 bits per heavy atom. The van der Waals surface area contributed by atoms with Crippen LogP contribution in [0.15, 0.2) is 79.0 Å². The number of amides is 3. The molecule has 3 N–H and O–H groups in total. The van der Waals surface area contributed by atoms with Crippen LogP contribution in [0.1, 0.15) is 41.9 Å². The van der Waals surface area contributed by atoms with Crippen molar-refractivity contribution in [3.8, 4) is 17.0 Å². The van der Waals surface area contributed by atoms with Crippen molar-refractivity contribution in [3.63, 3.8) is 0 Å². The van der Waals surface area contributed by atoms with Gasteiger partial charge < -0.3 is 20.1 Å². The minimum atomic E-state index is -0.852. The van der Waals surface area contributed by atoms with Gasteiger partial charge in [-0.3, -0.25) is 9.69 Å². The molecular weight excluding hydrogens is 631 g/mol. The number of carbonyl (C=O) groups excluding carboxylic acids is 2. The van der Waals surface area contributed by atoms with Gasteiger partial charge in [0, 0.05) is 15.1 Å². The van der Waals surface area contributed by atoms with Gasteiger partial charge in [0.1, 0.15) is 30.3 Å². The van der Waals surface area contributed by atoms with E-state index in [9.17, 15) is 9.59 Å². The van der Waals surface area contributed by atoms with Gasteiger partial charge in [-0.25, -0.2) is 9.78 Å². The van der Waals surface area contributed by atoms with Gasteiger partial charge in [0.25, 0.3) is 5.91 Å². The highest BCUT2D eigenvalue weighted by Gasteiger charge is 2.46. The van der Waals surface area contributed by atoms with Crippen molar-refractivity contribution >= 4 is 46.1 Å². The van der Waals surface area contributed by atoms with E-state index in [1.165, 1.54) is 4.90 Å². The van der Waals surface area contributed by atoms with Crippen LogP contribution in [0.4, 0.5) is 4.79 Å². The third-order valence-corrected chi connectivity index (χ3v) is 7.70. The lowest BCUT2D eigenvalue weighted by Gasteiger charge is -2.29. The van der Waals surface area contributed by atoms with Crippen LogP contribution in [0.25, 0.3) is 11.3 Å². The van der Waals surface area contributed by atoms with Crippen LogP contribution in [0.3, 0.4) is 0 Å². The summed E-state index contributed by atoms with van der Waals surface area (Å²) < 4.78 is 6.43. The Bertz CT molecular complexity index is 1480. The smallest absolute Gasteiger partial charge is 0.325 e. The Morgan fingerprint density at radius 2 is 1.85 bits per heavy atom. The van der Waals surface area contributed by atoms with Crippen LogP contribution in [-0.2, 0) is 4.79 Å². The molecule has 5 rings (SSSR count). The number of carbonyl (C=O) groups is 2. The zero-order valence-corrected chi connectivity index (χ0v) is 23.9. The number of aliphatic hydroxyl groups is 1. The maximum absolute atomic E-state index is 13.8. The number of urea groups is 1. The number of hydrogen-bond donors (Lipinski definition) is 3. The second kappa shape index (κ2) is 11.8. The van der Waals surface area contributed by atoms with Crippen molar-refractivity contribution < 1.29 is 19.4 Å². The molecule has 4 aromatic rings. The summed E-state index contributed by atoms with van der Waals surface area (Å²) in [5.41, 5.74) is 3.06. The van der Waals surface area contributed by atoms with Gasteiger partial charge in [0.05, 0.1) is 23.5 Å². The maximum atomic E-state index is 13.8. The first-order valence-electron chi connectivity index (χ1n) is 12.4. The zero-order chi connectivity index (χ0) is 27.5. The number of aromatic nitrogens is 2. The Labute approximate surface area is 244 Å². The lowest BCUT2D eigenvalue weighted by atomic mass is 9.91. The third-order valence-electron chi connectivity index (χ3n) is 6.72. The Kier molecular flexibility index (Phi) is 8.20. The Balaban J connectivity index is 1.50. The number of aliphatic hydroxyl groups excluding tert-OH is 1. The average Bonchev–Trinajstić information content (AvgIpc) is 3.53. The van der Waals surface area contributed by atoms with Crippen LogP contribution in [0.2, 0.25) is 5.02 Å². The first-order valence-corrected chi connectivity index (χ1v) is 13.9. The summed E-state index contributed by atoms with van der Waals surface area (Å²) in [5, 5.41) is 12.4. The highest BCUT2D eigenvalue weighted by Crippen LogP contribution is 2.40. The first kappa shape index (κ1) is 27.2. The van der Waals surface area contributed by atoms with E-state index in [1.54, 1.807) is 30.5 Å². The predicted octanol–water partition coefficient (Wildman–Crippen LogP) is 5.84. The third kappa shape index (κ3) is 5.66. The molecule has 1 aliphatic heterocycles. The molecular formula is C29H26ClIN4O4. The van der Waals surface area contributed by atoms with Gasteiger partial charge in [0.2, 0.25) is 0 Å². The highest BCUT2D eigenvalue weighted by molar-refractivity contribution is 14.1. The molecule has 1 fully saturated rings. The molecule has 8 nitrogen and oxygen atoms in total. The van der Waals surface area contributed by atoms with Gasteiger partial charge in [-0.1, -0.05) is 67.1 Å². The van der Waals surface area contributed by atoms with Gasteiger partial charge in [-0.2, -0.15) is 0 Å². The number of rotatable bonds is 9. The molecule has 0 spiro atoms. The van der Waals surface area contributed by atoms with E-state index in [2.05, 4.69) is 37.9 Å². The van der Waals surface area contributed by atoms with Crippen LogP contribution in [0.5, 0.6) is 5.75 Å². The average molecular weight is 657 g/mol. The molecule has 3 atom stereocenters. The van der Waals surface area contributed by atoms with Gasteiger partial charge in [-0.15, -0.1) is 0 Å². The van der Waals surface area contributed by atoms with E-state index in [1.807, 2.05) is 55.5 Å². The van der Waals surface area contributed by atoms with Crippen molar-refractivity contribution in [2.24, 2.45) is 0 Å². The summed E-state index contributed by atoms with van der Waals surface area (Å²) in [5.74, 6) is 0.407. The summed E-state index contributed by atoms with van der Waals surface area (Å²) in [6, 6.07) is 20.3. The second-order valence-electron chi connectivity index (χ2n) is 9.18. The van der Waals surface area contributed by atoms with Crippen LogP contribution in [-0.4, -0.2) is 45.1 Å². The number of nitrogens with zero attached hydrogens (tertiary/aromatic N) is 2. The van der Waals surface area contributed by atoms with Gasteiger partial charge >= 0.3 is 6.03 Å². The van der Waals surface area contributed by atoms with E-state index in [0.717, 1.165) is 14.7 Å². The molecule has 0 saturated carbocycles.